The Balaban J connectivity index is 2.78. The van der Waals surface area contributed by atoms with E-state index in [1.807, 2.05) is 0 Å². The molecule has 0 aliphatic carbocycles. The Morgan fingerprint density at radius 3 is 2.80 bits per heavy atom. The highest BCUT2D eigenvalue weighted by Crippen LogP contribution is 2.17. The summed E-state index contributed by atoms with van der Waals surface area (Å²) in [6, 6.07) is 1.46. The summed E-state index contributed by atoms with van der Waals surface area (Å²) in [5.41, 5.74) is 0.325. The van der Waals surface area contributed by atoms with Crippen molar-refractivity contribution >= 4 is 5.97 Å². The number of rotatable bonds is 5. The van der Waals surface area contributed by atoms with Crippen molar-refractivity contribution in [1.82, 2.24) is 9.78 Å². The van der Waals surface area contributed by atoms with Gasteiger partial charge in [-0.15, -0.1) is 0 Å². The predicted octanol–water partition coefficient (Wildman–Crippen LogP) is 1.73. The zero-order valence-electron chi connectivity index (χ0n) is 8.23. The van der Waals surface area contributed by atoms with Crippen LogP contribution in [-0.4, -0.2) is 27.3 Å². The lowest BCUT2D eigenvalue weighted by molar-refractivity contribution is -0.138. The van der Waals surface area contributed by atoms with Crippen LogP contribution in [-0.2, 0) is 11.3 Å². The molecule has 0 radical (unpaired) electrons. The summed E-state index contributed by atoms with van der Waals surface area (Å²) in [5, 5.41) is 12.6. The Labute approximate surface area is 85.5 Å². The van der Waals surface area contributed by atoms with E-state index in [2.05, 4.69) is 5.10 Å². The van der Waals surface area contributed by atoms with Gasteiger partial charge in [0, 0.05) is 6.20 Å². The van der Waals surface area contributed by atoms with Gasteiger partial charge in [0.2, 0.25) is 0 Å². The Morgan fingerprint density at radius 1 is 1.67 bits per heavy atom. The molecule has 84 valence electrons. The van der Waals surface area contributed by atoms with Gasteiger partial charge in [0.15, 0.2) is 0 Å². The molecule has 1 heterocycles. The van der Waals surface area contributed by atoms with Crippen molar-refractivity contribution in [2.75, 3.05) is 0 Å². The van der Waals surface area contributed by atoms with Gasteiger partial charge in [0.1, 0.15) is 12.5 Å². The van der Waals surface area contributed by atoms with E-state index in [0.717, 1.165) is 4.68 Å². The van der Waals surface area contributed by atoms with Crippen LogP contribution in [0.5, 0.6) is 0 Å². The third-order valence-electron chi connectivity index (χ3n) is 2.05. The molecule has 1 atom stereocenters. The molecule has 0 aliphatic heterocycles. The summed E-state index contributed by atoms with van der Waals surface area (Å²) >= 11 is 0. The van der Waals surface area contributed by atoms with Crippen molar-refractivity contribution < 1.29 is 18.7 Å². The fraction of sp³-hybridized carbons (Fsp3) is 0.556. The number of nitrogens with zero attached hydrogens (tertiary/aromatic N) is 2. The van der Waals surface area contributed by atoms with E-state index in [1.54, 1.807) is 6.92 Å². The standard InChI is InChI=1S/C9H12F2N2O2/c1-2-6(9(14)15)7-3-4-13(12-7)5-8(10)11/h3-4,6,8H,2,5H2,1H3,(H,14,15). The van der Waals surface area contributed by atoms with Crippen LogP contribution in [0.2, 0.25) is 0 Å². The molecule has 0 aliphatic rings. The summed E-state index contributed by atoms with van der Waals surface area (Å²) in [5.74, 6) is -1.70. The number of halogens is 2. The summed E-state index contributed by atoms with van der Waals surface area (Å²) in [7, 11) is 0. The molecule has 1 aromatic rings. The first-order chi connectivity index (χ1) is 7.04. The minimum Gasteiger partial charge on any atom is -0.481 e. The van der Waals surface area contributed by atoms with Crippen LogP contribution in [0.4, 0.5) is 8.78 Å². The predicted molar refractivity (Wildman–Crippen MR) is 48.9 cm³/mol. The minimum absolute atomic E-state index is 0.325. The van der Waals surface area contributed by atoms with E-state index in [4.69, 9.17) is 5.11 Å². The summed E-state index contributed by atoms with van der Waals surface area (Å²) in [4.78, 5) is 10.8. The Morgan fingerprint density at radius 2 is 2.33 bits per heavy atom. The molecule has 0 saturated carbocycles. The molecule has 1 aromatic heterocycles. The zero-order valence-corrected chi connectivity index (χ0v) is 8.23. The largest absolute Gasteiger partial charge is 0.481 e. The molecule has 0 bridgehead atoms. The summed E-state index contributed by atoms with van der Waals surface area (Å²) in [6.07, 6.45) is -0.726. The van der Waals surface area contributed by atoms with Crippen LogP contribution in [0.25, 0.3) is 0 Å². The third-order valence-corrected chi connectivity index (χ3v) is 2.05. The topological polar surface area (TPSA) is 55.1 Å². The monoisotopic (exact) mass is 218 g/mol. The number of carboxylic acids is 1. The van der Waals surface area contributed by atoms with Gasteiger partial charge in [-0.3, -0.25) is 9.48 Å². The second-order valence-corrected chi connectivity index (χ2v) is 3.15. The van der Waals surface area contributed by atoms with Gasteiger partial charge in [0.05, 0.1) is 5.69 Å². The molecule has 0 spiro atoms. The van der Waals surface area contributed by atoms with Crippen molar-refractivity contribution in [3.8, 4) is 0 Å². The number of hydrogen-bond donors (Lipinski definition) is 1. The molecule has 0 amide bonds. The van der Waals surface area contributed by atoms with Crippen molar-refractivity contribution in [1.29, 1.82) is 0 Å². The van der Waals surface area contributed by atoms with Crippen LogP contribution in [0, 0.1) is 0 Å². The van der Waals surface area contributed by atoms with E-state index in [1.165, 1.54) is 12.3 Å². The van der Waals surface area contributed by atoms with Crippen molar-refractivity contribution in [2.24, 2.45) is 0 Å². The summed E-state index contributed by atoms with van der Waals surface area (Å²) in [6.45, 7) is 1.21. The first-order valence-electron chi connectivity index (χ1n) is 4.59. The number of aromatic nitrogens is 2. The number of alkyl halides is 2. The van der Waals surface area contributed by atoms with Crippen molar-refractivity contribution in [2.45, 2.75) is 32.2 Å². The normalized spacial score (nSPS) is 13.1. The minimum atomic E-state index is -2.48. The van der Waals surface area contributed by atoms with Crippen LogP contribution < -0.4 is 0 Å². The number of carboxylic acid groups (broad SMARTS) is 1. The highest BCUT2D eigenvalue weighted by Gasteiger charge is 2.20. The SMILES string of the molecule is CCC(C(=O)O)c1ccn(CC(F)F)n1. The van der Waals surface area contributed by atoms with Crippen molar-refractivity contribution in [3.63, 3.8) is 0 Å². The van der Waals surface area contributed by atoms with E-state index in [9.17, 15) is 13.6 Å². The van der Waals surface area contributed by atoms with Gasteiger partial charge in [-0.1, -0.05) is 6.92 Å². The second kappa shape index (κ2) is 4.86. The fourth-order valence-electron chi connectivity index (χ4n) is 1.32. The average Bonchev–Trinajstić information content (AvgIpc) is 2.52. The lowest BCUT2D eigenvalue weighted by atomic mass is 10.0. The van der Waals surface area contributed by atoms with E-state index in [0.29, 0.717) is 12.1 Å². The molecule has 0 fully saturated rings. The summed E-state index contributed by atoms with van der Waals surface area (Å²) < 4.78 is 25.0. The number of hydrogen-bond acceptors (Lipinski definition) is 2. The van der Waals surface area contributed by atoms with Crippen LogP contribution in [0.1, 0.15) is 25.0 Å². The van der Waals surface area contributed by atoms with Gasteiger partial charge in [-0.2, -0.15) is 5.10 Å². The Bertz CT molecular complexity index is 339. The molecule has 1 N–H and O–H groups in total. The van der Waals surface area contributed by atoms with Crippen LogP contribution >= 0.6 is 0 Å². The number of carbonyl (C=O) groups is 1. The van der Waals surface area contributed by atoms with E-state index >= 15 is 0 Å². The maximum atomic E-state index is 12.0. The highest BCUT2D eigenvalue weighted by molar-refractivity contribution is 5.75. The van der Waals surface area contributed by atoms with Crippen LogP contribution in [0.15, 0.2) is 12.3 Å². The number of aliphatic carboxylic acids is 1. The average molecular weight is 218 g/mol. The zero-order chi connectivity index (χ0) is 11.4. The smallest absolute Gasteiger partial charge is 0.312 e. The lowest BCUT2D eigenvalue weighted by Crippen LogP contribution is -2.13. The molecule has 0 saturated heterocycles. The second-order valence-electron chi connectivity index (χ2n) is 3.15. The quantitative estimate of drug-likeness (QED) is 0.818. The van der Waals surface area contributed by atoms with Gasteiger partial charge in [0.25, 0.3) is 6.43 Å². The van der Waals surface area contributed by atoms with Crippen molar-refractivity contribution in [3.05, 3.63) is 18.0 Å². The van der Waals surface area contributed by atoms with Gasteiger partial charge in [-0.25, -0.2) is 8.78 Å². The molecular weight excluding hydrogens is 206 g/mol. The van der Waals surface area contributed by atoms with Gasteiger partial charge >= 0.3 is 5.97 Å². The first kappa shape index (κ1) is 11.6. The maximum absolute atomic E-state index is 12.0. The Hall–Kier alpha value is -1.46. The molecular formula is C9H12F2N2O2. The molecule has 15 heavy (non-hydrogen) atoms. The molecule has 6 heteroatoms. The molecule has 4 nitrogen and oxygen atoms in total. The van der Waals surface area contributed by atoms with Gasteiger partial charge in [-0.05, 0) is 12.5 Å². The highest BCUT2D eigenvalue weighted by atomic mass is 19.3. The first-order valence-corrected chi connectivity index (χ1v) is 4.59. The van der Waals surface area contributed by atoms with E-state index < -0.39 is 24.9 Å². The molecule has 1 unspecified atom stereocenters. The lowest BCUT2D eigenvalue weighted by Gasteiger charge is -2.05. The third kappa shape index (κ3) is 3.00. The van der Waals surface area contributed by atoms with Crippen LogP contribution in [0.3, 0.4) is 0 Å². The molecule has 1 rings (SSSR count). The Kier molecular flexibility index (Phi) is 3.76. The van der Waals surface area contributed by atoms with E-state index in [-0.39, 0.29) is 0 Å². The maximum Gasteiger partial charge on any atom is 0.312 e. The van der Waals surface area contributed by atoms with Gasteiger partial charge < -0.3 is 5.11 Å². The molecule has 0 aromatic carbocycles. The fourth-order valence-corrected chi connectivity index (χ4v) is 1.32.